The number of aromatic nitrogens is 1. The van der Waals surface area contributed by atoms with Gasteiger partial charge in [0, 0.05) is 17.7 Å². The molecule has 0 saturated carbocycles. The van der Waals surface area contributed by atoms with Gasteiger partial charge >= 0.3 is 0 Å². The van der Waals surface area contributed by atoms with Crippen molar-refractivity contribution in [2.45, 2.75) is 0 Å². The molecule has 0 saturated heterocycles. The molecule has 1 rings (SSSR count). The van der Waals surface area contributed by atoms with Gasteiger partial charge in [-0.3, -0.25) is 4.79 Å². The second kappa shape index (κ2) is 4.79. The summed E-state index contributed by atoms with van der Waals surface area (Å²) in [5.74, 6) is 0. The number of hydrogen-bond donors (Lipinski definition) is 1. The molecule has 0 atom stereocenters. The van der Waals surface area contributed by atoms with Gasteiger partial charge in [-0.05, 0) is 17.2 Å². The number of azide groups is 1. The van der Waals surface area contributed by atoms with Crippen molar-refractivity contribution < 1.29 is 4.79 Å². The Bertz CT molecular complexity index is 360. The normalized spacial score (nSPS) is 9.85. The lowest BCUT2D eigenvalue weighted by Gasteiger charge is -1.80. The molecule has 1 aromatic heterocycles. The first-order valence-corrected chi connectivity index (χ1v) is 3.68. The van der Waals surface area contributed by atoms with Crippen LogP contribution in [0.15, 0.2) is 23.5 Å². The SMILES string of the molecule is [N-]=[N+]=NCC=Cc1c[nH]c(C=O)c1. The quantitative estimate of drug-likeness (QED) is 0.324. The molecule has 5 heteroatoms. The summed E-state index contributed by atoms with van der Waals surface area (Å²) >= 11 is 0. The first-order valence-electron chi connectivity index (χ1n) is 3.68. The molecule has 0 unspecified atom stereocenters. The van der Waals surface area contributed by atoms with Gasteiger partial charge in [-0.25, -0.2) is 0 Å². The van der Waals surface area contributed by atoms with Gasteiger partial charge in [-0.1, -0.05) is 17.3 Å². The van der Waals surface area contributed by atoms with Crippen molar-refractivity contribution in [3.8, 4) is 0 Å². The van der Waals surface area contributed by atoms with Crippen LogP contribution in [0, 0.1) is 0 Å². The summed E-state index contributed by atoms with van der Waals surface area (Å²) in [5, 5.41) is 3.33. The summed E-state index contributed by atoms with van der Waals surface area (Å²) in [7, 11) is 0. The number of aromatic amines is 1. The van der Waals surface area contributed by atoms with Crippen LogP contribution in [0.5, 0.6) is 0 Å². The fraction of sp³-hybridized carbons (Fsp3) is 0.125. The average Bonchev–Trinajstić information content (AvgIpc) is 2.60. The number of carbonyl (C=O) groups excluding carboxylic acids is 1. The summed E-state index contributed by atoms with van der Waals surface area (Å²) in [6, 6.07) is 1.71. The lowest BCUT2D eigenvalue weighted by atomic mass is 10.3. The second-order valence-corrected chi connectivity index (χ2v) is 2.32. The molecule has 5 nitrogen and oxygen atoms in total. The van der Waals surface area contributed by atoms with Gasteiger partial charge in [0.2, 0.25) is 0 Å². The van der Waals surface area contributed by atoms with Crippen LogP contribution in [0.2, 0.25) is 0 Å². The minimum atomic E-state index is 0.318. The fourth-order valence-electron chi connectivity index (χ4n) is 0.866. The van der Waals surface area contributed by atoms with E-state index in [-0.39, 0.29) is 0 Å². The number of rotatable bonds is 4. The van der Waals surface area contributed by atoms with Crippen molar-refractivity contribution in [1.29, 1.82) is 0 Å². The van der Waals surface area contributed by atoms with Crippen molar-refractivity contribution in [2.75, 3.05) is 6.54 Å². The molecule has 0 fully saturated rings. The van der Waals surface area contributed by atoms with Gasteiger partial charge < -0.3 is 4.98 Å². The zero-order valence-electron chi connectivity index (χ0n) is 6.84. The molecule has 0 radical (unpaired) electrons. The van der Waals surface area contributed by atoms with E-state index < -0.39 is 0 Å². The Balaban J connectivity index is 2.57. The molecule has 0 aromatic carbocycles. The van der Waals surface area contributed by atoms with E-state index in [1.54, 1.807) is 24.4 Å². The molecule has 1 heterocycles. The summed E-state index contributed by atoms with van der Waals surface area (Å²) in [4.78, 5) is 15.6. The number of nitrogens with one attached hydrogen (secondary N) is 1. The Kier molecular flexibility index (Phi) is 3.35. The van der Waals surface area contributed by atoms with Crippen molar-refractivity contribution in [3.63, 3.8) is 0 Å². The molecular formula is C8H8N4O. The molecule has 0 aliphatic rings. The van der Waals surface area contributed by atoms with Gasteiger partial charge in [-0.15, -0.1) is 0 Å². The zero-order valence-corrected chi connectivity index (χ0v) is 6.84. The van der Waals surface area contributed by atoms with Crippen molar-refractivity contribution >= 4 is 12.4 Å². The minimum Gasteiger partial charge on any atom is -0.358 e. The Morgan fingerprint density at radius 2 is 2.54 bits per heavy atom. The smallest absolute Gasteiger partial charge is 0.166 e. The monoisotopic (exact) mass is 176 g/mol. The molecule has 1 N–H and O–H groups in total. The third-order valence-electron chi connectivity index (χ3n) is 1.42. The van der Waals surface area contributed by atoms with Crippen LogP contribution in [0.3, 0.4) is 0 Å². The number of carbonyl (C=O) groups is 1. The van der Waals surface area contributed by atoms with Crippen LogP contribution in [0.4, 0.5) is 0 Å². The Morgan fingerprint density at radius 1 is 1.69 bits per heavy atom. The highest BCUT2D eigenvalue weighted by molar-refractivity contribution is 5.73. The molecule has 0 aliphatic heterocycles. The van der Waals surface area contributed by atoms with E-state index in [1.807, 2.05) is 0 Å². The number of aldehydes is 1. The minimum absolute atomic E-state index is 0.318. The van der Waals surface area contributed by atoms with Gasteiger partial charge in [0.15, 0.2) is 6.29 Å². The number of hydrogen-bond acceptors (Lipinski definition) is 2. The van der Waals surface area contributed by atoms with Crippen molar-refractivity contribution in [3.05, 3.63) is 40.0 Å². The largest absolute Gasteiger partial charge is 0.358 e. The van der Waals surface area contributed by atoms with E-state index in [2.05, 4.69) is 15.0 Å². The first kappa shape index (κ1) is 9.09. The second-order valence-electron chi connectivity index (χ2n) is 2.32. The van der Waals surface area contributed by atoms with Crippen LogP contribution < -0.4 is 0 Å². The van der Waals surface area contributed by atoms with E-state index in [0.29, 0.717) is 12.2 Å². The number of H-pyrrole nitrogens is 1. The molecule has 0 amide bonds. The fourth-order valence-corrected chi connectivity index (χ4v) is 0.866. The third kappa shape index (κ3) is 2.84. The van der Waals surface area contributed by atoms with Crippen LogP contribution in [-0.2, 0) is 0 Å². The van der Waals surface area contributed by atoms with E-state index in [4.69, 9.17) is 5.53 Å². The predicted octanol–water partition coefficient (Wildman–Crippen LogP) is 2.15. The summed E-state index contributed by atoms with van der Waals surface area (Å²) < 4.78 is 0. The van der Waals surface area contributed by atoms with Crippen LogP contribution >= 0.6 is 0 Å². The van der Waals surface area contributed by atoms with Crippen molar-refractivity contribution in [1.82, 2.24) is 4.98 Å². The molecule has 66 valence electrons. The average molecular weight is 176 g/mol. The van der Waals surface area contributed by atoms with E-state index in [0.717, 1.165) is 11.8 Å². The van der Waals surface area contributed by atoms with Crippen LogP contribution in [0.25, 0.3) is 16.5 Å². The summed E-state index contributed by atoms with van der Waals surface area (Å²) in [6.45, 7) is 0.318. The standard InChI is InChI=1S/C8H8N4O/c9-12-11-3-1-2-7-4-8(6-13)10-5-7/h1-2,4-6,10H,3H2. The Morgan fingerprint density at radius 3 is 3.15 bits per heavy atom. The topological polar surface area (TPSA) is 81.6 Å². The molecule has 13 heavy (non-hydrogen) atoms. The lowest BCUT2D eigenvalue weighted by molar-refractivity contribution is 0.111. The van der Waals surface area contributed by atoms with Gasteiger partial charge in [0.05, 0.1) is 5.69 Å². The molecule has 0 spiro atoms. The summed E-state index contributed by atoms with van der Waals surface area (Å²) in [5.41, 5.74) is 9.39. The molecule has 0 aliphatic carbocycles. The highest BCUT2D eigenvalue weighted by atomic mass is 16.1. The third-order valence-corrected chi connectivity index (χ3v) is 1.42. The maximum absolute atomic E-state index is 10.3. The zero-order chi connectivity index (χ0) is 9.52. The van der Waals surface area contributed by atoms with Crippen LogP contribution in [-0.4, -0.2) is 17.8 Å². The summed E-state index contributed by atoms with van der Waals surface area (Å²) in [6.07, 6.45) is 5.94. The molecule has 1 aromatic rings. The van der Waals surface area contributed by atoms with E-state index >= 15 is 0 Å². The first-order chi connectivity index (χ1) is 6.36. The lowest BCUT2D eigenvalue weighted by Crippen LogP contribution is -1.72. The molecular weight excluding hydrogens is 168 g/mol. The van der Waals surface area contributed by atoms with Crippen LogP contribution in [0.1, 0.15) is 16.1 Å². The van der Waals surface area contributed by atoms with Crippen molar-refractivity contribution in [2.24, 2.45) is 5.11 Å². The molecule has 0 bridgehead atoms. The van der Waals surface area contributed by atoms with E-state index in [9.17, 15) is 4.79 Å². The number of nitrogens with zero attached hydrogens (tertiary/aromatic N) is 3. The maximum Gasteiger partial charge on any atom is 0.166 e. The highest BCUT2D eigenvalue weighted by Gasteiger charge is 1.91. The highest BCUT2D eigenvalue weighted by Crippen LogP contribution is 2.03. The maximum atomic E-state index is 10.3. The van der Waals surface area contributed by atoms with E-state index in [1.165, 1.54) is 0 Å². The van der Waals surface area contributed by atoms with Gasteiger partial charge in [-0.2, -0.15) is 0 Å². The predicted molar refractivity (Wildman–Crippen MR) is 49.2 cm³/mol. The van der Waals surface area contributed by atoms with Gasteiger partial charge in [0.1, 0.15) is 0 Å². The Labute approximate surface area is 74.7 Å². The van der Waals surface area contributed by atoms with Gasteiger partial charge in [0.25, 0.3) is 0 Å². The Hall–Kier alpha value is -2.00.